The highest BCUT2D eigenvalue weighted by atomic mass is 35.7. The Morgan fingerprint density at radius 2 is 2.00 bits per heavy atom. The van der Waals surface area contributed by atoms with Crippen molar-refractivity contribution in [2.24, 2.45) is 0 Å². The standard InChI is InChI=1S/C7H5ClF3NO2S/c1-3-2-4(9)6(15(8,13)14)5(12-3)7(10)11/h2,7H,1H3. The molecular formula is C7H5ClF3NO2S. The monoisotopic (exact) mass is 259 g/mol. The maximum atomic E-state index is 13.1. The van der Waals surface area contributed by atoms with E-state index in [1.54, 1.807) is 0 Å². The number of hydrogen-bond donors (Lipinski definition) is 0. The predicted molar refractivity (Wildman–Crippen MR) is 46.9 cm³/mol. The van der Waals surface area contributed by atoms with Gasteiger partial charge in [0.05, 0.1) is 0 Å². The molecule has 0 N–H and O–H groups in total. The van der Waals surface area contributed by atoms with Gasteiger partial charge in [0.2, 0.25) is 0 Å². The molecule has 0 saturated heterocycles. The normalized spacial score (nSPS) is 12.1. The summed E-state index contributed by atoms with van der Waals surface area (Å²) < 4.78 is 59.5. The molecule has 0 unspecified atom stereocenters. The molecule has 0 atom stereocenters. The third kappa shape index (κ3) is 2.60. The number of pyridine rings is 1. The molecule has 1 heterocycles. The molecule has 0 radical (unpaired) electrons. The van der Waals surface area contributed by atoms with E-state index in [1.807, 2.05) is 0 Å². The Morgan fingerprint density at radius 3 is 2.40 bits per heavy atom. The van der Waals surface area contributed by atoms with Crippen LogP contribution >= 0.6 is 10.7 Å². The van der Waals surface area contributed by atoms with Crippen LogP contribution in [0.5, 0.6) is 0 Å². The van der Waals surface area contributed by atoms with Gasteiger partial charge in [-0.15, -0.1) is 0 Å². The first kappa shape index (κ1) is 12.3. The Bertz CT molecular complexity index is 489. The van der Waals surface area contributed by atoms with Crippen LogP contribution in [0.25, 0.3) is 0 Å². The summed E-state index contributed by atoms with van der Waals surface area (Å²) in [6.45, 7) is 1.26. The predicted octanol–water partition coefficient (Wildman–Crippen LogP) is 2.39. The minimum absolute atomic E-state index is 0.0492. The SMILES string of the molecule is Cc1cc(F)c(S(=O)(=O)Cl)c(C(F)F)n1. The highest BCUT2D eigenvalue weighted by Gasteiger charge is 2.27. The zero-order valence-corrected chi connectivity index (χ0v) is 8.91. The molecule has 8 heteroatoms. The average molecular weight is 260 g/mol. The fourth-order valence-electron chi connectivity index (χ4n) is 1.03. The van der Waals surface area contributed by atoms with Crippen molar-refractivity contribution in [1.82, 2.24) is 4.98 Å². The summed E-state index contributed by atoms with van der Waals surface area (Å²) >= 11 is 0. The van der Waals surface area contributed by atoms with Crippen LogP contribution in [0.3, 0.4) is 0 Å². The summed E-state index contributed by atoms with van der Waals surface area (Å²) in [5.41, 5.74) is -1.21. The Morgan fingerprint density at radius 1 is 1.47 bits per heavy atom. The maximum absolute atomic E-state index is 13.1. The lowest BCUT2D eigenvalue weighted by atomic mass is 10.3. The fourth-order valence-corrected chi connectivity index (χ4v) is 2.17. The number of rotatable bonds is 2. The van der Waals surface area contributed by atoms with Gasteiger partial charge in [-0.2, -0.15) is 0 Å². The number of halogens is 4. The van der Waals surface area contributed by atoms with Gasteiger partial charge in [0.1, 0.15) is 16.4 Å². The van der Waals surface area contributed by atoms with E-state index in [-0.39, 0.29) is 5.69 Å². The number of hydrogen-bond acceptors (Lipinski definition) is 3. The van der Waals surface area contributed by atoms with E-state index in [1.165, 1.54) is 6.92 Å². The fraction of sp³-hybridized carbons (Fsp3) is 0.286. The lowest BCUT2D eigenvalue weighted by molar-refractivity contribution is 0.141. The molecule has 0 bridgehead atoms. The third-order valence-corrected chi connectivity index (χ3v) is 2.89. The van der Waals surface area contributed by atoms with Crippen LogP contribution in [0.15, 0.2) is 11.0 Å². The van der Waals surface area contributed by atoms with E-state index in [4.69, 9.17) is 10.7 Å². The summed E-state index contributed by atoms with van der Waals surface area (Å²) in [5.74, 6) is -1.33. The molecule has 0 aliphatic rings. The molecule has 84 valence electrons. The van der Waals surface area contributed by atoms with Gasteiger partial charge in [0.25, 0.3) is 15.5 Å². The molecule has 0 aromatic carbocycles. The first-order valence-corrected chi connectivity index (χ1v) is 5.94. The molecular weight excluding hydrogens is 255 g/mol. The second kappa shape index (κ2) is 3.97. The third-order valence-electron chi connectivity index (χ3n) is 1.53. The highest BCUT2D eigenvalue weighted by molar-refractivity contribution is 8.13. The Balaban J connectivity index is 3.62. The van der Waals surface area contributed by atoms with Crippen LogP contribution in [-0.4, -0.2) is 13.4 Å². The number of nitrogens with zero attached hydrogens (tertiary/aromatic N) is 1. The quantitative estimate of drug-likeness (QED) is 0.766. The van der Waals surface area contributed by atoms with Crippen molar-refractivity contribution in [3.05, 3.63) is 23.3 Å². The summed E-state index contributed by atoms with van der Waals surface area (Å²) in [6, 6.07) is 0.723. The van der Waals surface area contributed by atoms with Crippen molar-refractivity contribution in [2.45, 2.75) is 18.2 Å². The minimum atomic E-state index is -4.57. The van der Waals surface area contributed by atoms with Crippen LogP contribution < -0.4 is 0 Å². The summed E-state index contributed by atoms with van der Waals surface area (Å²) in [5, 5.41) is 0. The van der Waals surface area contributed by atoms with E-state index in [0.717, 1.165) is 6.07 Å². The van der Waals surface area contributed by atoms with E-state index in [2.05, 4.69) is 4.98 Å². The molecule has 0 spiro atoms. The van der Waals surface area contributed by atoms with Gasteiger partial charge in [-0.25, -0.2) is 21.6 Å². The van der Waals surface area contributed by atoms with Crippen molar-refractivity contribution in [2.75, 3.05) is 0 Å². The molecule has 0 fully saturated rings. The average Bonchev–Trinajstić information content (AvgIpc) is 1.99. The van der Waals surface area contributed by atoms with Gasteiger partial charge in [-0.05, 0) is 13.0 Å². The van der Waals surface area contributed by atoms with E-state index >= 15 is 0 Å². The van der Waals surface area contributed by atoms with E-state index < -0.39 is 31.9 Å². The molecule has 1 rings (SSSR count). The molecule has 15 heavy (non-hydrogen) atoms. The van der Waals surface area contributed by atoms with Gasteiger partial charge >= 0.3 is 0 Å². The van der Waals surface area contributed by atoms with Crippen molar-refractivity contribution >= 4 is 19.7 Å². The summed E-state index contributed by atoms with van der Waals surface area (Å²) in [4.78, 5) is 1.99. The second-order valence-electron chi connectivity index (χ2n) is 2.70. The van der Waals surface area contributed by atoms with Crippen LogP contribution in [-0.2, 0) is 9.05 Å². The minimum Gasteiger partial charge on any atom is -0.251 e. The maximum Gasteiger partial charge on any atom is 0.281 e. The van der Waals surface area contributed by atoms with Crippen LogP contribution in [0, 0.1) is 12.7 Å². The largest absolute Gasteiger partial charge is 0.281 e. The topological polar surface area (TPSA) is 47.0 Å². The van der Waals surface area contributed by atoms with Crippen molar-refractivity contribution in [1.29, 1.82) is 0 Å². The Labute approximate surface area is 88.3 Å². The zero-order valence-electron chi connectivity index (χ0n) is 7.34. The van der Waals surface area contributed by atoms with Crippen molar-refractivity contribution < 1.29 is 21.6 Å². The Hall–Kier alpha value is -0.820. The molecule has 3 nitrogen and oxygen atoms in total. The van der Waals surface area contributed by atoms with Crippen molar-refractivity contribution in [3.8, 4) is 0 Å². The molecule has 0 saturated carbocycles. The molecule has 1 aromatic rings. The van der Waals surface area contributed by atoms with Gasteiger partial charge in [0.15, 0.2) is 0 Å². The zero-order chi connectivity index (χ0) is 11.8. The number of aromatic nitrogens is 1. The Kier molecular flexibility index (Phi) is 3.25. The highest BCUT2D eigenvalue weighted by Crippen LogP contribution is 2.29. The number of aryl methyl sites for hydroxylation is 1. The number of alkyl halides is 2. The van der Waals surface area contributed by atoms with Gasteiger partial charge in [-0.1, -0.05) is 0 Å². The van der Waals surface area contributed by atoms with Gasteiger partial charge in [0, 0.05) is 16.4 Å². The first-order chi connectivity index (χ1) is 6.73. The van der Waals surface area contributed by atoms with Crippen LogP contribution in [0.1, 0.15) is 17.8 Å². The van der Waals surface area contributed by atoms with Gasteiger partial charge in [-0.3, -0.25) is 4.98 Å². The van der Waals surface area contributed by atoms with E-state index in [9.17, 15) is 21.6 Å². The molecule has 0 aliphatic carbocycles. The van der Waals surface area contributed by atoms with Crippen LogP contribution in [0.2, 0.25) is 0 Å². The van der Waals surface area contributed by atoms with E-state index in [0.29, 0.717) is 0 Å². The smallest absolute Gasteiger partial charge is 0.251 e. The van der Waals surface area contributed by atoms with Gasteiger partial charge < -0.3 is 0 Å². The lowest BCUT2D eigenvalue weighted by Gasteiger charge is -2.07. The van der Waals surface area contributed by atoms with Crippen LogP contribution in [0.4, 0.5) is 13.2 Å². The second-order valence-corrected chi connectivity index (χ2v) is 5.20. The molecule has 1 aromatic heterocycles. The summed E-state index contributed by atoms with van der Waals surface area (Å²) in [6.07, 6.45) is -3.21. The molecule has 0 amide bonds. The first-order valence-electron chi connectivity index (χ1n) is 3.63. The molecule has 0 aliphatic heterocycles. The summed E-state index contributed by atoms with van der Waals surface area (Å²) in [7, 11) is 0.253. The van der Waals surface area contributed by atoms with Crippen molar-refractivity contribution in [3.63, 3.8) is 0 Å². The lowest BCUT2D eigenvalue weighted by Crippen LogP contribution is -2.06.